The first-order chi connectivity index (χ1) is 12.3. The number of hydrogen-bond donors (Lipinski definition) is 2. The fraction of sp³-hybridized carbons (Fsp3) is 0.700. The summed E-state index contributed by atoms with van der Waals surface area (Å²) in [4.78, 5) is 11.9. The third-order valence-electron chi connectivity index (χ3n) is 4.75. The van der Waals surface area contributed by atoms with Crippen LogP contribution in [0.2, 0.25) is 0 Å². The lowest BCUT2D eigenvalue weighted by atomic mass is 10.0. The summed E-state index contributed by atoms with van der Waals surface area (Å²) in [5.41, 5.74) is 1.11. The van der Waals surface area contributed by atoms with Crippen LogP contribution in [-0.2, 0) is 6.42 Å². The molecular weight excluding hydrogens is 437 g/mol. The zero-order valence-corrected chi connectivity index (χ0v) is 18.7. The van der Waals surface area contributed by atoms with Crippen LogP contribution in [0.3, 0.4) is 0 Å². The molecule has 5 nitrogen and oxygen atoms in total. The van der Waals surface area contributed by atoms with Gasteiger partial charge < -0.3 is 10.6 Å². The van der Waals surface area contributed by atoms with Crippen LogP contribution in [0.5, 0.6) is 0 Å². The Morgan fingerprint density at radius 3 is 2.88 bits per heavy atom. The van der Waals surface area contributed by atoms with Crippen LogP contribution < -0.4 is 10.6 Å². The summed E-state index contributed by atoms with van der Waals surface area (Å²) in [5.74, 6) is 0.930. The van der Waals surface area contributed by atoms with Gasteiger partial charge >= 0.3 is 0 Å². The van der Waals surface area contributed by atoms with Crippen LogP contribution in [-0.4, -0.2) is 54.6 Å². The van der Waals surface area contributed by atoms with Gasteiger partial charge in [-0.1, -0.05) is 25.8 Å². The van der Waals surface area contributed by atoms with E-state index in [1.807, 2.05) is 18.3 Å². The normalized spacial score (nSPS) is 18.2. The van der Waals surface area contributed by atoms with Crippen molar-refractivity contribution >= 4 is 29.9 Å². The Kier molecular flexibility index (Phi) is 12.6. The minimum absolute atomic E-state index is 0. The van der Waals surface area contributed by atoms with Crippen LogP contribution in [0.15, 0.2) is 29.4 Å². The maximum absolute atomic E-state index is 4.86. The molecule has 1 aliphatic heterocycles. The molecule has 0 radical (unpaired) electrons. The number of aromatic nitrogens is 1. The second-order valence-corrected chi connectivity index (χ2v) is 6.76. The average molecular weight is 473 g/mol. The summed E-state index contributed by atoms with van der Waals surface area (Å²) in [5, 5.41) is 6.81. The lowest BCUT2D eigenvalue weighted by molar-refractivity contribution is 0.151. The molecule has 1 unspecified atom stereocenters. The highest BCUT2D eigenvalue weighted by Crippen LogP contribution is 2.17. The molecule has 1 aliphatic rings. The van der Waals surface area contributed by atoms with Crippen molar-refractivity contribution in [3.8, 4) is 0 Å². The van der Waals surface area contributed by atoms with Gasteiger partial charge in [0.2, 0.25) is 0 Å². The molecule has 0 bridgehead atoms. The Morgan fingerprint density at radius 2 is 2.15 bits per heavy atom. The van der Waals surface area contributed by atoms with Gasteiger partial charge in [-0.2, -0.15) is 0 Å². The summed E-state index contributed by atoms with van der Waals surface area (Å²) in [6.45, 7) is 9.48. The molecule has 1 atom stereocenters. The number of nitrogens with one attached hydrogen (secondary N) is 2. The largest absolute Gasteiger partial charge is 0.357 e. The van der Waals surface area contributed by atoms with Crippen molar-refractivity contribution in [1.82, 2.24) is 20.5 Å². The van der Waals surface area contributed by atoms with Gasteiger partial charge in [0.25, 0.3) is 0 Å². The van der Waals surface area contributed by atoms with E-state index in [2.05, 4.69) is 40.4 Å². The molecule has 0 saturated carbocycles. The second kappa shape index (κ2) is 14.2. The number of halogens is 1. The number of unbranched alkanes of at least 4 members (excludes halogenated alkanes) is 1. The number of guanidine groups is 1. The molecular formula is C20H36IN5. The quantitative estimate of drug-likeness (QED) is 0.328. The molecule has 2 N–H and O–H groups in total. The lowest BCUT2D eigenvalue weighted by Crippen LogP contribution is -2.44. The van der Waals surface area contributed by atoms with Gasteiger partial charge in [-0.05, 0) is 51.4 Å². The number of nitrogens with zero attached hydrogens (tertiary/aromatic N) is 3. The van der Waals surface area contributed by atoms with Crippen molar-refractivity contribution in [2.24, 2.45) is 4.99 Å². The Labute approximate surface area is 176 Å². The van der Waals surface area contributed by atoms with Gasteiger partial charge in [0.1, 0.15) is 0 Å². The van der Waals surface area contributed by atoms with E-state index in [1.165, 1.54) is 45.2 Å². The first-order valence-corrected chi connectivity index (χ1v) is 9.99. The molecule has 1 fully saturated rings. The summed E-state index contributed by atoms with van der Waals surface area (Å²) in [6, 6.07) is 6.66. The van der Waals surface area contributed by atoms with Gasteiger partial charge in [-0.3, -0.25) is 14.9 Å². The smallest absolute Gasteiger partial charge is 0.191 e. The summed E-state index contributed by atoms with van der Waals surface area (Å²) >= 11 is 0. The monoisotopic (exact) mass is 473 g/mol. The van der Waals surface area contributed by atoms with Crippen LogP contribution in [0, 0.1) is 0 Å². The predicted molar refractivity (Wildman–Crippen MR) is 121 cm³/mol. The number of aliphatic imine (C=N–C) groups is 1. The highest BCUT2D eigenvalue weighted by molar-refractivity contribution is 14.0. The number of pyridine rings is 1. The molecule has 0 amide bonds. The molecule has 1 saturated heterocycles. The van der Waals surface area contributed by atoms with E-state index >= 15 is 0 Å². The molecule has 148 valence electrons. The topological polar surface area (TPSA) is 52.5 Å². The highest BCUT2D eigenvalue weighted by atomic mass is 127. The molecule has 0 aromatic carbocycles. The van der Waals surface area contributed by atoms with Crippen LogP contribution in [0.4, 0.5) is 0 Å². The van der Waals surface area contributed by atoms with Gasteiger partial charge in [0.15, 0.2) is 5.96 Å². The Bertz CT molecular complexity index is 494. The molecule has 0 spiro atoms. The molecule has 1 aromatic rings. The van der Waals surface area contributed by atoms with Crippen LogP contribution in [0.25, 0.3) is 0 Å². The Balaban J connectivity index is 0.00000338. The van der Waals surface area contributed by atoms with E-state index in [1.54, 1.807) is 0 Å². The van der Waals surface area contributed by atoms with E-state index in [0.717, 1.165) is 37.7 Å². The first kappa shape index (κ1) is 23.1. The number of piperidine rings is 1. The van der Waals surface area contributed by atoms with Crippen LogP contribution in [0.1, 0.15) is 51.6 Å². The molecule has 2 rings (SSSR count). The molecule has 0 aliphatic carbocycles. The van der Waals surface area contributed by atoms with E-state index < -0.39 is 0 Å². The average Bonchev–Trinajstić information content (AvgIpc) is 2.66. The highest BCUT2D eigenvalue weighted by Gasteiger charge is 2.21. The van der Waals surface area contributed by atoms with Crippen molar-refractivity contribution in [1.29, 1.82) is 0 Å². The van der Waals surface area contributed by atoms with Gasteiger partial charge in [-0.15, -0.1) is 24.0 Å². The van der Waals surface area contributed by atoms with Crippen molar-refractivity contribution in [2.75, 3.05) is 32.7 Å². The van der Waals surface area contributed by atoms with E-state index in [-0.39, 0.29) is 24.0 Å². The summed E-state index contributed by atoms with van der Waals surface area (Å²) in [7, 11) is 0. The summed E-state index contributed by atoms with van der Waals surface area (Å²) < 4.78 is 0. The van der Waals surface area contributed by atoms with Gasteiger partial charge in [0, 0.05) is 37.4 Å². The minimum Gasteiger partial charge on any atom is -0.357 e. The SMILES string of the molecule is CCCCN1CCCCC1CN=C(NCC)NCCc1ccccn1.I. The fourth-order valence-electron chi connectivity index (χ4n) is 3.32. The van der Waals surface area contributed by atoms with E-state index in [4.69, 9.17) is 4.99 Å². The third-order valence-corrected chi connectivity index (χ3v) is 4.75. The van der Waals surface area contributed by atoms with E-state index in [0.29, 0.717) is 6.04 Å². The Hall–Kier alpha value is -0.890. The number of rotatable bonds is 9. The van der Waals surface area contributed by atoms with Gasteiger partial charge in [-0.25, -0.2) is 0 Å². The maximum atomic E-state index is 4.86. The molecule has 1 aromatic heterocycles. The third kappa shape index (κ3) is 8.66. The fourth-order valence-corrected chi connectivity index (χ4v) is 3.32. The standard InChI is InChI=1S/C20H35N5.HI/c1-3-5-15-25-16-9-7-11-19(25)17-24-20(21-4-2)23-14-12-18-10-6-8-13-22-18;/h6,8,10,13,19H,3-5,7,9,11-12,14-17H2,1-2H3,(H2,21,23,24);1H. The number of hydrogen-bond acceptors (Lipinski definition) is 3. The first-order valence-electron chi connectivity index (χ1n) is 9.99. The van der Waals surface area contributed by atoms with Crippen molar-refractivity contribution in [2.45, 2.75) is 58.4 Å². The van der Waals surface area contributed by atoms with Crippen molar-refractivity contribution < 1.29 is 0 Å². The zero-order chi connectivity index (χ0) is 17.7. The second-order valence-electron chi connectivity index (χ2n) is 6.76. The van der Waals surface area contributed by atoms with Gasteiger partial charge in [0.05, 0.1) is 6.54 Å². The predicted octanol–water partition coefficient (Wildman–Crippen LogP) is 3.45. The van der Waals surface area contributed by atoms with Crippen molar-refractivity contribution in [3.05, 3.63) is 30.1 Å². The minimum atomic E-state index is 0. The molecule has 26 heavy (non-hydrogen) atoms. The lowest BCUT2D eigenvalue weighted by Gasteiger charge is -2.35. The Morgan fingerprint density at radius 1 is 1.27 bits per heavy atom. The molecule has 6 heteroatoms. The van der Waals surface area contributed by atoms with Crippen LogP contribution >= 0.6 is 24.0 Å². The van der Waals surface area contributed by atoms with Crippen molar-refractivity contribution in [3.63, 3.8) is 0 Å². The zero-order valence-electron chi connectivity index (χ0n) is 16.4. The number of likely N-dealkylation sites (tertiary alicyclic amines) is 1. The van der Waals surface area contributed by atoms with E-state index in [9.17, 15) is 0 Å². The maximum Gasteiger partial charge on any atom is 0.191 e. The molecule has 2 heterocycles. The summed E-state index contributed by atoms with van der Waals surface area (Å²) in [6.07, 6.45) is 9.28.